The predicted molar refractivity (Wildman–Crippen MR) is 129 cm³/mol. The van der Waals surface area contributed by atoms with Gasteiger partial charge in [0, 0.05) is 28.3 Å². The van der Waals surface area contributed by atoms with Gasteiger partial charge in [0.25, 0.3) is 0 Å². The van der Waals surface area contributed by atoms with E-state index in [1.807, 2.05) is 41.2 Å². The molecule has 3 aromatic carbocycles. The van der Waals surface area contributed by atoms with Gasteiger partial charge in [-0.25, -0.2) is 0 Å². The maximum Gasteiger partial charge on any atom is 0.182 e. The number of fused-ring (bicyclic) bond motifs is 1. The number of halogens is 1. The Morgan fingerprint density at radius 1 is 0.938 bits per heavy atom. The molecule has 0 saturated carbocycles. The summed E-state index contributed by atoms with van der Waals surface area (Å²) in [6.45, 7) is 0.676. The van der Waals surface area contributed by atoms with Crippen LogP contribution in [0.2, 0.25) is 5.02 Å². The Kier molecular flexibility index (Phi) is 5.83. The van der Waals surface area contributed by atoms with Crippen molar-refractivity contribution in [2.24, 2.45) is 0 Å². The second kappa shape index (κ2) is 9.05. The highest BCUT2D eigenvalue weighted by Gasteiger charge is 2.20. The molecule has 0 fully saturated rings. The number of hydrogen-bond acceptors (Lipinski definition) is 1. The van der Waals surface area contributed by atoms with E-state index in [-0.39, 0.29) is 11.7 Å². The van der Waals surface area contributed by atoms with Crippen molar-refractivity contribution < 1.29 is 5.11 Å². The first-order valence-electron chi connectivity index (χ1n) is 11.0. The van der Waals surface area contributed by atoms with Crippen LogP contribution in [-0.2, 0) is 18.1 Å². The topological polar surface area (TPSA) is 37.7 Å². The van der Waals surface area contributed by atoms with Crippen LogP contribution in [0.5, 0.6) is 5.75 Å². The minimum absolute atomic E-state index is 0.0646. The summed E-state index contributed by atoms with van der Waals surface area (Å²) in [6, 6.07) is 24.1. The molecule has 0 aliphatic heterocycles. The highest BCUT2D eigenvalue weighted by molar-refractivity contribution is 6.30. The molecule has 4 aromatic rings. The molecular weight excluding hydrogens is 416 g/mol. The molecule has 0 saturated heterocycles. The third kappa shape index (κ3) is 4.21. The van der Waals surface area contributed by atoms with Crippen LogP contribution in [0.4, 0.5) is 0 Å². The number of nitrogens with zero attached hydrogens (tertiary/aromatic N) is 2. The van der Waals surface area contributed by atoms with Crippen LogP contribution < -0.4 is 0 Å². The highest BCUT2D eigenvalue weighted by Crippen LogP contribution is 2.36. The van der Waals surface area contributed by atoms with E-state index in [1.54, 1.807) is 6.07 Å². The third-order valence-corrected chi connectivity index (χ3v) is 6.41. The number of benzene rings is 3. The number of allylic oxidation sites excluding steroid dienone is 2. The fourth-order valence-electron chi connectivity index (χ4n) is 4.67. The standard InChI is InChI=1S/C28H24ClN2O/c29-24-11-4-10-22(17-24)28(21-7-2-1-3-8-21)23-18-30-31(19-23)16-15-20-9-5-13-26-25(20)12-6-14-27(26)32/h1-4,6-8,10-12,14-15,17-19,28H,5,9,13,16H2. The van der Waals surface area contributed by atoms with Gasteiger partial charge in [-0.2, -0.15) is 5.10 Å². The van der Waals surface area contributed by atoms with Gasteiger partial charge in [0.15, 0.2) is 5.75 Å². The molecule has 1 aliphatic carbocycles. The van der Waals surface area contributed by atoms with E-state index in [0.717, 1.165) is 46.5 Å². The van der Waals surface area contributed by atoms with Crippen LogP contribution in [0, 0.1) is 0 Å². The zero-order chi connectivity index (χ0) is 21.9. The van der Waals surface area contributed by atoms with Crippen LogP contribution >= 0.6 is 11.6 Å². The van der Waals surface area contributed by atoms with Gasteiger partial charge >= 0.3 is 0 Å². The van der Waals surface area contributed by atoms with Crippen molar-refractivity contribution in [3.63, 3.8) is 0 Å². The first-order chi connectivity index (χ1) is 15.7. The molecule has 5 rings (SSSR count). The zero-order valence-corrected chi connectivity index (χ0v) is 18.5. The molecule has 0 bridgehead atoms. The summed E-state index contributed by atoms with van der Waals surface area (Å²) in [5.41, 5.74) is 6.79. The molecule has 0 N–H and O–H groups in total. The summed E-state index contributed by atoms with van der Waals surface area (Å²) in [7, 11) is 0. The molecule has 1 aromatic heterocycles. The van der Waals surface area contributed by atoms with E-state index in [0.29, 0.717) is 6.54 Å². The summed E-state index contributed by atoms with van der Waals surface area (Å²) in [5.74, 6) is 0.219. The van der Waals surface area contributed by atoms with E-state index in [4.69, 9.17) is 11.6 Å². The molecule has 0 amide bonds. The van der Waals surface area contributed by atoms with E-state index >= 15 is 0 Å². The molecule has 159 valence electrons. The Balaban J connectivity index is 1.45. The van der Waals surface area contributed by atoms with Gasteiger partial charge in [-0.1, -0.05) is 72.3 Å². The van der Waals surface area contributed by atoms with Crippen molar-refractivity contribution in [2.75, 3.05) is 0 Å². The first-order valence-corrected chi connectivity index (χ1v) is 11.4. The molecule has 1 aliphatic rings. The second-order valence-electron chi connectivity index (χ2n) is 8.26. The van der Waals surface area contributed by atoms with Gasteiger partial charge in [0.2, 0.25) is 0 Å². The van der Waals surface area contributed by atoms with Crippen molar-refractivity contribution in [1.82, 2.24) is 9.78 Å². The Hall–Kier alpha value is -3.30. The Morgan fingerprint density at radius 2 is 1.75 bits per heavy atom. The fourth-order valence-corrected chi connectivity index (χ4v) is 4.87. The van der Waals surface area contributed by atoms with Crippen molar-refractivity contribution in [3.8, 4) is 5.75 Å². The predicted octanol–water partition coefficient (Wildman–Crippen LogP) is 7.28. The van der Waals surface area contributed by atoms with E-state index in [2.05, 4.69) is 53.8 Å². The highest BCUT2D eigenvalue weighted by atomic mass is 35.5. The summed E-state index contributed by atoms with van der Waals surface area (Å²) in [5, 5.41) is 17.6. The van der Waals surface area contributed by atoms with Crippen LogP contribution in [0.15, 0.2) is 91.3 Å². The SMILES string of the molecule is [O]c1cccc2c1CCCC2=CCn1cc(C(c2ccccc2)c2cccc(Cl)c2)cn1. The minimum Gasteiger partial charge on any atom is -0.290 e. The normalized spacial score (nSPS) is 15.5. The van der Waals surface area contributed by atoms with Crippen LogP contribution in [0.1, 0.15) is 46.6 Å². The molecule has 1 atom stereocenters. The molecule has 32 heavy (non-hydrogen) atoms. The van der Waals surface area contributed by atoms with Gasteiger partial charge in [-0.15, -0.1) is 0 Å². The van der Waals surface area contributed by atoms with E-state index < -0.39 is 0 Å². The average molecular weight is 440 g/mol. The Labute approximate surface area is 193 Å². The maximum absolute atomic E-state index is 12.2. The molecule has 4 heteroatoms. The smallest absolute Gasteiger partial charge is 0.182 e. The number of aromatic nitrogens is 2. The Morgan fingerprint density at radius 3 is 2.59 bits per heavy atom. The van der Waals surface area contributed by atoms with Gasteiger partial charge in [-0.05, 0) is 59.7 Å². The lowest BCUT2D eigenvalue weighted by Crippen LogP contribution is -2.04. The average Bonchev–Trinajstić information content (AvgIpc) is 3.27. The van der Waals surface area contributed by atoms with Crippen LogP contribution in [-0.4, -0.2) is 9.78 Å². The summed E-state index contributed by atoms with van der Waals surface area (Å²) < 4.78 is 1.97. The number of hydrogen-bond donors (Lipinski definition) is 0. The van der Waals surface area contributed by atoms with Gasteiger partial charge < -0.3 is 0 Å². The molecule has 1 heterocycles. The molecule has 0 spiro atoms. The Bertz CT molecular complexity index is 1260. The summed E-state index contributed by atoms with van der Waals surface area (Å²) in [4.78, 5) is 0. The lowest BCUT2D eigenvalue weighted by Gasteiger charge is -2.19. The monoisotopic (exact) mass is 439 g/mol. The van der Waals surface area contributed by atoms with Crippen molar-refractivity contribution >= 4 is 17.2 Å². The van der Waals surface area contributed by atoms with Crippen molar-refractivity contribution in [1.29, 1.82) is 0 Å². The summed E-state index contributed by atoms with van der Waals surface area (Å²) >= 11 is 6.31. The molecular formula is C28H24ClN2O. The van der Waals surface area contributed by atoms with Gasteiger partial charge in [0.1, 0.15) is 0 Å². The van der Waals surface area contributed by atoms with Crippen molar-refractivity contribution in [2.45, 2.75) is 31.7 Å². The molecule has 3 nitrogen and oxygen atoms in total. The van der Waals surface area contributed by atoms with Crippen molar-refractivity contribution in [3.05, 3.63) is 124 Å². The van der Waals surface area contributed by atoms with Crippen LogP contribution in [0.25, 0.3) is 5.57 Å². The minimum atomic E-state index is 0.0646. The second-order valence-corrected chi connectivity index (χ2v) is 8.70. The first kappa shape index (κ1) is 20.6. The molecule has 1 unspecified atom stereocenters. The molecule has 1 radical (unpaired) electrons. The zero-order valence-electron chi connectivity index (χ0n) is 17.7. The fraction of sp³-hybridized carbons (Fsp3) is 0.179. The van der Waals surface area contributed by atoms with Gasteiger partial charge in [0.05, 0.1) is 12.7 Å². The van der Waals surface area contributed by atoms with Crippen LogP contribution in [0.3, 0.4) is 0 Å². The lowest BCUT2D eigenvalue weighted by atomic mass is 9.86. The summed E-state index contributed by atoms with van der Waals surface area (Å²) in [6.07, 6.45) is 9.17. The van der Waals surface area contributed by atoms with E-state index in [9.17, 15) is 5.11 Å². The van der Waals surface area contributed by atoms with E-state index in [1.165, 1.54) is 11.1 Å². The maximum atomic E-state index is 12.2. The quantitative estimate of drug-likeness (QED) is 0.322. The third-order valence-electron chi connectivity index (χ3n) is 6.18. The number of rotatable bonds is 5. The van der Waals surface area contributed by atoms with Gasteiger partial charge in [-0.3, -0.25) is 9.79 Å². The lowest BCUT2D eigenvalue weighted by molar-refractivity contribution is 0.349. The largest absolute Gasteiger partial charge is 0.290 e.